The van der Waals surface area contributed by atoms with Crippen molar-refractivity contribution in [2.75, 3.05) is 29.0 Å². The summed E-state index contributed by atoms with van der Waals surface area (Å²) in [4.78, 5) is 21.6. The van der Waals surface area contributed by atoms with E-state index in [-0.39, 0.29) is 5.92 Å². The molecule has 1 fully saturated rings. The molecule has 0 spiro atoms. The molecular formula is C17H21N5O2. The molecule has 0 saturated carbocycles. The van der Waals surface area contributed by atoms with E-state index in [1.807, 2.05) is 35.2 Å². The van der Waals surface area contributed by atoms with E-state index in [2.05, 4.69) is 15.3 Å². The molecule has 0 amide bonds. The van der Waals surface area contributed by atoms with Crippen LogP contribution in [0.15, 0.2) is 36.7 Å². The number of aliphatic carboxylic acids is 1. The Balaban J connectivity index is 1.68. The average Bonchev–Trinajstić information content (AvgIpc) is 2.62. The maximum Gasteiger partial charge on any atom is 0.306 e. The lowest BCUT2D eigenvalue weighted by Gasteiger charge is -2.31. The van der Waals surface area contributed by atoms with Crippen molar-refractivity contribution in [1.82, 2.24) is 9.97 Å². The van der Waals surface area contributed by atoms with Gasteiger partial charge in [0, 0.05) is 19.6 Å². The molecule has 1 aliphatic heterocycles. The van der Waals surface area contributed by atoms with Gasteiger partial charge in [0.05, 0.1) is 5.92 Å². The van der Waals surface area contributed by atoms with Gasteiger partial charge in [-0.25, -0.2) is 9.97 Å². The number of rotatable bonds is 5. The summed E-state index contributed by atoms with van der Waals surface area (Å²) in [5.41, 5.74) is 7.87. The van der Waals surface area contributed by atoms with Crippen molar-refractivity contribution < 1.29 is 9.90 Å². The number of nitrogens with two attached hydrogens (primary N) is 1. The van der Waals surface area contributed by atoms with Crippen LogP contribution in [0.25, 0.3) is 0 Å². The van der Waals surface area contributed by atoms with Crippen LogP contribution < -0.4 is 16.0 Å². The van der Waals surface area contributed by atoms with Gasteiger partial charge in [0.25, 0.3) is 0 Å². The normalized spacial score (nSPS) is 15.2. The third-order valence-corrected chi connectivity index (χ3v) is 4.31. The fraction of sp³-hybridized carbons (Fsp3) is 0.353. The molecule has 7 nitrogen and oxygen atoms in total. The minimum atomic E-state index is -0.726. The van der Waals surface area contributed by atoms with Gasteiger partial charge in [0.2, 0.25) is 0 Å². The Morgan fingerprint density at radius 2 is 1.96 bits per heavy atom. The second kappa shape index (κ2) is 7.16. The fourth-order valence-electron chi connectivity index (χ4n) is 2.90. The highest BCUT2D eigenvalue weighted by Gasteiger charge is 2.26. The zero-order valence-electron chi connectivity index (χ0n) is 13.4. The molecule has 0 aliphatic carbocycles. The van der Waals surface area contributed by atoms with Crippen LogP contribution in [-0.2, 0) is 11.3 Å². The van der Waals surface area contributed by atoms with Crippen LogP contribution in [-0.4, -0.2) is 34.1 Å². The molecule has 7 heteroatoms. The summed E-state index contributed by atoms with van der Waals surface area (Å²) in [6.07, 6.45) is 2.69. The van der Waals surface area contributed by atoms with E-state index in [1.54, 1.807) is 0 Å². The van der Waals surface area contributed by atoms with Crippen molar-refractivity contribution in [3.05, 3.63) is 42.2 Å². The summed E-state index contributed by atoms with van der Waals surface area (Å²) in [7, 11) is 0. The number of hydrogen-bond donors (Lipinski definition) is 3. The maximum atomic E-state index is 11.1. The number of piperidine rings is 1. The predicted molar refractivity (Wildman–Crippen MR) is 92.8 cm³/mol. The van der Waals surface area contributed by atoms with Crippen LogP contribution >= 0.6 is 0 Å². The molecule has 1 aromatic carbocycles. The summed E-state index contributed by atoms with van der Waals surface area (Å²) in [6, 6.07) is 10.0. The van der Waals surface area contributed by atoms with Gasteiger partial charge < -0.3 is 21.1 Å². The van der Waals surface area contributed by atoms with Crippen LogP contribution in [0.2, 0.25) is 0 Å². The first kappa shape index (κ1) is 16.0. The number of hydrogen-bond acceptors (Lipinski definition) is 6. The van der Waals surface area contributed by atoms with Crippen molar-refractivity contribution in [3.63, 3.8) is 0 Å². The quantitative estimate of drug-likeness (QED) is 0.771. The molecule has 3 rings (SSSR count). The molecule has 0 unspecified atom stereocenters. The predicted octanol–water partition coefficient (Wildman–Crippen LogP) is 1.97. The van der Waals surface area contributed by atoms with Crippen molar-refractivity contribution in [3.8, 4) is 0 Å². The number of nitrogens with one attached hydrogen (secondary N) is 1. The first-order valence-corrected chi connectivity index (χ1v) is 8.01. The van der Waals surface area contributed by atoms with E-state index in [1.165, 1.54) is 6.33 Å². The number of carboxylic acid groups (broad SMARTS) is 1. The van der Waals surface area contributed by atoms with Crippen molar-refractivity contribution >= 4 is 23.3 Å². The molecule has 0 radical (unpaired) electrons. The van der Waals surface area contributed by atoms with Gasteiger partial charge in [-0.05, 0) is 18.4 Å². The molecule has 4 N–H and O–H groups in total. The van der Waals surface area contributed by atoms with Gasteiger partial charge in [0.15, 0.2) is 11.6 Å². The Morgan fingerprint density at radius 3 is 2.62 bits per heavy atom. The second-order valence-corrected chi connectivity index (χ2v) is 5.90. The van der Waals surface area contributed by atoms with E-state index in [0.717, 1.165) is 5.56 Å². The van der Waals surface area contributed by atoms with E-state index in [9.17, 15) is 4.79 Å². The zero-order valence-corrected chi connectivity index (χ0v) is 13.4. The minimum absolute atomic E-state index is 0.278. The third-order valence-electron chi connectivity index (χ3n) is 4.31. The van der Waals surface area contributed by atoms with E-state index >= 15 is 0 Å². The molecule has 0 bridgehead atoms. The SMILES string of the molecule is Nc1c(NCc2ccccc2)ncnc1N1CCC(C(=O)O)CC1. The highest BCUT2D eigenvalue weighted by molar-refractivity contribution is 5.75. The van der Waals surface area contributed by atoms with Gasteiger partial charge in [-0.3, -0.25) is 4.79 Å². The zero-order chi connectivity index (χ0) is 16.9. The standard InChI is InChI=1S/C17H21N5O2/c18-14-15(19-10-12-4-2-1-3-5-12)20-11-21-16(14)22-8-6-13(7-9-22)17(23)24/h1-5,11,13H,6-10,18H2,(H,23,24)(H,19,20,21). The third kappa shape index (κ3) is 3.56. The lowest BCUT2D eigenvalue weighted by molar-refractivity contribution is -0.142. The van der Waals surface area contributed by atoms with Crippen LogP contribution in [0, 0.1) is 5.92 Å². The number of anilines is 3. The monoisotopic (exact) mass is 327 g/mol. The molecule has 0 atom stereocenters. The largest absolute Gasteiger partial charge is 0.481 e. The minimum Gasteiger partial charge on any atom is -0.481 e. The summed E-state index contributed by atoms with van der Waals surface area (Å²) in [5.74, 6) is 0.268. The maximum absolute atomic E-state index is 11.1. The van der Waals surface area contributed by atoms with Crippen molar-refractivity contribution in [2.24, 2.45) is 5.92 Å². The van der Waals surface area contributed by atoms with Crippen molar-refractivity contribution in [1.29, 1.82) is 0 Å². The topological polar surface area (TPSA) is 104 Å². The smallest absolute Gasteiger partial charge is 0.306 e. The number of carbonyl (C=O) groups is 1. The number of nitrogen functional groups attached to an aromatic ring is 1. The van der Waals surface area contributed by atoms with Crippen molar-refractivity contribution in [2.45, 2.75) is 19.4 Å². The van der Waals surface area contributed by atoms with Crippen LogP contribution in [0.1, 0.15) is 18.4 Å². The first-order chi connectivity index (χ1) is 11.6. The van der Waals surface area contributed by atoms with Crippen LogP contribution in [0.5, 0.6) is 0 Å². The van der Waals surface area contributed by atoms with E-state index < -0.39 is 5.97 Å². The van der Waals surface area contributed by atoms with Crippen LogP contribution in [0.4, 0.5) is 17.3 Å². The average molecular weight is 327 g/mol. The molecule has 24 heavy (non-hydrogen) atoms. The molecule has 1 aliphatic rings. The highest BCUT2D eigenvalue weighted by Crippen LogP contribution is 2.29. The Labute approximate surface area is 140 Å². The highest BCUT2D eigenvalue weighted by atomic mass is 16.4. The molecule has 2 aromatic rings. The number of nitrogens with zero attached hydrogens (tertiary/aromatic N) is 3. The first-order valence-electron chi connectivity index (χ1n) is 8.01. The molecule has 126 valence electrons. The number of aromatic nitrogens is 2. The number of benzene rings is 1. The number of carboxylic acids is 1. The van der Waals surface area contributed by atoms with E-state index in [4.69, 9.17) is 10.8 Å². The lowest BCUT2D eigenvalue weighted by atomic mass is 9.97. The Hall–Kier alpha value is -2.83. The summed E-state index contributed by atoms with van der Waals surface area (Å²) in [6.45, 7) is 1.90. The van der Waals surface area contributed by atoms with Gasteiger partial charge in [-0.2, -0.15) is 0 Å². The summed E-state index contributed by atoms with van der Waals surface area (Å²) in [5, 5.41) is 12.3. The molecule has 1 aromatic heterocycles. The van der Waals surface area contributed by atoms with Gasteiger partial charge in [-0.15, -0.1) is 0 Å². The van der Waals surface area contributed by atoms with Gasteiger partial charge >= 0.3 is 5.97 Å². The summed E-state index contributed by atoms with van der Waals surface area (Å²) < 4.78 is 0. The second-order valence-electron chi connectivity index (χ2n) is 5.90. The fourth-order valence-corrected chi connectivity index (χ4v) is 2.90. The Kier molecular flexibility index (Phi) is 4.79. The lowest BCUT2D eigenvalue weighted by Crippen LogP contribution is -2.37. The van der Waals surface area contributed by atoms with E-state index in [0.29, 0.717) is 49.8 Å². The molecule has 1 saturated heterocycles. The molecular weight excluding hydrogens is 306 g/mol. The summed E-state index contributed by atoms with van der Waals surface area (Å²) >= 11 is 0. The van der Waals surface area contributed by atoms with Crippen LogP contribution in [0.3, 0.4) is 0 Å². The molecule has 2 heterocycles. The Morgan fingerprint density at radius 1 is 1.25 bits per heavy atom. The van der Waals surface area contributed by atoms with Gasteiger partial charge in [-0.1, -0.05) is 30.3 Å². The Bertz CT molecular complexity index is 699. The van der Waals surface area contributed by atoms with Gasteiger partial charge in [0.1, 0.15) is 12.0 Å².